The Morgan fingerprint density at radius 2 is 0.645 bits per heavy atom. The Hall–Kier alpha value is 1.35. The largest absolute Gasteiger partial charge is 1.00 e. The molecule has 0 N–H and O–H groups in total. The van der Waals surface area contributed by atoms with E-state index in [4.69, 9.17) is 0 Å². The molecule has 0 aromatic rings. The molecule has 0 nitrogen and oxygen atoms in total. The second kappa shape index (κ2) is 35.9. The van der Waals surface area contributed by atoms with Gasteiger partial charge >= 0.3 is 39.6 Å². The molecule has 0 bridgehead atoms. The predicted molar refractivity (Wildman–Crippen MR) is 147 cm³/mol. The molecule has 31 heavy (non-hydrogen) atoms. The summed E-state index contributed by atoms with van der Waals surface area (Å²) < 4.78 is 0. The molecule has 0 aliphatic heterocycles. The van der Waals surface area contributed by atoms with E-state index < -0.39 is 14.1 Å². The first-order chi connectivity index (χ1) is 14.8. The van der Waals surface area contributed by atoms with Gasteiger partial charge in [0.25, 0.3) is 14.1 Å². The molecule has 0 aliphatic rings. The second-order valence-corrected chi connectivity index (χ2v) is 15.3. The maximum absolute atomic E-state index is 2.32. The Labute approximate surface area is 217 Å². The number of unbranched alkanes of at least 4 members (excludes halogenated alkanes) is 15. The van der Waals surface area contributed by atoms with Crippen LogP contribution in [0.25, 0.3) is 0 Å². The minimum absolute atomic E-state index is 0. The fourth-order valence-corrected chi connectivity index (χ4v) is 8.40. The molecule has 0 aromatic carbocycles. The van der Waals surface area contributed by atoms with E-state index in [1.807, 2.05) is 0 Å². The maximum Gasteiger partial charge on any atom is -1.00 e. The summed E-state index contributed by atoms with van der Waals surface area (Å²) in [6, 6.07) is 0. The van der Waals surface area contributed by atoms with Crippen LogP contribution in [-0.2, 0) is 0 Å². The molecule has 0 saturated heterocycles. The molecule has 0 atom stereocenters. The van der Waals surface area contributed by atoms with E-state index in [0.717, 1.165) is 15.2 Å². The summed E-state index contributed by atoms with van der Waals surface area (Å²) >= 11 is 0.405. The van der Waals surface area contributed by atoms with Crippen molar-refractivity contribution in [3.05, 3.63) is 0 Å². The zero-order valence-corrected chi connectivity index (χ0v) is 25.9. The molecule has 0 spiro atoms. The van der Waals surface area contributed by atoms with Crippen LogP contribution in [0.2, 0.25) is 26.4 Å². The van der Waals surface area contributed by atoms with Gasteiger partial charge in [-0.05, 0) is 0 Å². The van der Waals surface area contributed by atoms with Crippen LogP contribution >= 0.6 is 0 Å². The van der Waals surface area contributed by atoms with E-state index in [-0.39, 0.29) is 12.4 Å². The molecule has 0 fully saturated rings. The quantitative estimate of drug-likeness (QED) is 0.101. The molecule has 0 unspecified atom stereocenters. The van der Waals surface area contributed by atoms with Crippen molar-refractivity contribution in [2.45, 2.75) is 177 Å². The first kappa shape index (κ1) is 36.9. The van der Waals surface area contributed by atoms with E-state index in [1.165, 1.54) is 107 Å². The van der Waals surface area contributed by atoms with E-state index >= 15 is 0 Å². The molecular formula is C28H61Al2Cl. The second-order valence-electron chi connectivity index (χ2n) is 9.64. The van der Waals surface area contributed by atoms with Crippen molar-refractivity contribution in [1.82, 2.24) is 0 Å². The minimum Gasteiger partial charge on any atom is -1.00 e. The third-order valence-electron chi connectivity index (χ3n) is 6.48. The summed E-state index contributed by atoms with van der Waals surface area (Å²) in [5.41, 5.74) is 0. The average molecular weight is 487 g/mol. The minimum atomic E-state index is -0.410. The molecule has 0 aromatic heterocycles. The van der Waals surface area contributed by atoms with Gasteiger partial charge in [0, 0.05) is 0 Å². The van der Waals surface area contributed by atoms with Crippen LogP contribution < -0.4 is 12.4 Å². The van der Waals surface area contributed by atoms with E-state index in [1.54, 1.807) is 35.1 Å². The Bertz CT molecular complexity index is 234. The van der Waals surface area contributed by atoms with Gasteiger partial charge in [0.15, 0.2) is 0 Å². The zero-order valence-electron chi connectivity index (χ0n) is 22.8. The number of rotatable bonds is 23. The van der Waals surface area contributed by atoms with Crippen molar-refractivity contribution < 1.29 is 12.4 Å². The van der Waals surface area contributed by atoms with Gasteiger partial charge in [-0.2, -0.15) is 0 Å². The van der Waals surface area contributed by atoms with Crippen molar-refractivity contribution in [3.63, 3.8) is 0 Å². The van der Waals surface area contributed by atoms with Crippen LogP contribution in [0.4, 0.5) is 0 Å². The fourth-order valence-electron chi connectivity index (χ4n) is 4.36. The Balaban J connectivity index is -0.00000116. The molecular weight excluding hydrogens is 426 g/mol. The van der Waals surface area contributed by atoms with Crippen LogP contribution in [0.3, 0.4) is 0 Å². The van der Waals surface area contributed by atoms with Gasteiger partial charge in [0.2, 0.25) is 0 Å². The third-order valence-corrected chi connectivity index (χ3v) is 11.3. The first-order valence-corrected chi connectivity index (χ1v) is 18.7. The summed E-state index contributed by atoms with van der Waals surface area (Å²) in [7, 11) is 0. The Morgan fingerprint density at radius 3 is 0.871 bits per heavy atom. The molecule has 0 rings (SSSR count). The van der Waals surface area contributed by atoms with Crippen LogP contribution in [-0.4, -0.2) is 29.4 Å². The fraction of sp³-hybridized carbons (Fsp3) is 1.00. The van der Waals surface area contributed by atoms with Crippen LogP contribution in [0, 0.1) is 0 Å². The van der Waals surface area contributed by atoms with Crippen molar-refractivity contribution in [2.24, 2.45) is 0 Å². The molecule has 0 aliphatic carbocycles. The van der Waals surface area contributed by atoms with Gasteiger partial charge in [0.05, 0.1) is 0 Å². The summed E-state index contributed by atoms with van der Waals surface area (Å²) in [6.45, 7) is 11.5. The Kier molecular flexibility index (Phi) is 42.8. The molecule has 0 amide bonds. The molecule has 0 saturated carbocycles. The van der Waals surface area contributed by atoms with E-state index in [2.05, 4.69) is 34.6 Å². The maximum atomic E-state index is 2.32. The van der Waals surface area contributed by atoms with Gasteiger partial charge in [-0.25, -0.2) is 0 Å². The normalized spacial score (nSPS) is 10.1. The molecule has 0 heterocycles. The van der Waals surface area contributed by atoms with Gasteiger partial charge in [0.1, 0.15) is 0 Å². The number of hydrogen-bond donors (Lipinski definition) is 0. The Morgan fingerprint density at radius 1 is 0.387 bits per heavy atom. The van der Waals surface area contributed by atoms with Gasteiger partial charge < -0.3 is 12.4 Å². The standard InChI is InChI=1S/3C8H17.2C2H5.2Al.ClH/c3*1-3-5-7-8-6-4-2;2*1-2;;;/h3*1,3-8H2,2H3;2*1H2,2H3;;;1H/q;;;;;;+1;/p-1. The number of halogens is 1. The summed E-state index contributed by atoms with van der Waals surface area (Å²) in [5.74, 6) is 0. The molecule has 186 valence electrons. The zero-order chi connectivity index (χ0) is 22.5. The molecule has 0 radical (unpaired) electrons. The SMILES string of the molecule is CCCCCCC[CH2][Al]([CH2]CCCCCCC)[CH2]CCCCCCC.C[CH2][Al+][CH2]C.[Cl-]. The number of hydrogen-bond acceptors (Lipinski definition) is 0. The summed E-state index contributed by atoms with van der Waals surface area (Å²) in [6.07, 6.45) is 26.7. The van der Waals surface area contributed by atoms with Crippen LogP contribution in [0.5, 0.6) is 0 Å². The first-order valence-electron chi connectivity index (χ1n) is 14.6. The van der Waals surface area contributed by atoms with E-state index in [0.29, 0.717) is 0 Å². The van der Waals surface area contributed by atoms with Crippen molar-refractivity contribution in [2.75, 3.05) is 0 Å². The topological polar surface area (TPSA) is 0 Å². The van der Waals surface area contributed by atoms with Crippen molar-refractivity contribution >= 4 is 29.4 Å². The van der Waals surface area contributed by atoms with Crippen molar-refractivity contribution in [3.8, 4) is 0 Å². The van der Waals surface area contributed by atoms with Crippen molar-refractivity contribution in [1.29, 1.82) is 0 Å². The van der Waals surface area contributed by atoms with Gasteiger partial charge in [-0.15, -0.1) is 0 Å². The average Bonchev–Trinajstić information content (AvgIpc) is 2.76. The summed E-state index contributed by atoms with van der Waals surface area (Å²) in [5, 5.41) is 7.84. The summed E-state index contributed by atoms with van der Waals surface area (Å²) in [4.78, 5) is 0. The van der Waals surface area contributed by atoms with E-state index in [9.17, 15) is 0 Å². The van der Waals surface area contributed by atoms with Gasteiger partial charge in [-0.1, -0.05) is 152 Å². The monoisotopic (exact) mass is 486 g/mol. The van der Waals surface area contributed by atoms with Gasteiger partial charge in [-0.3, -0.25) is 0 Å². The van der Waals surface area contributed by atoms with Crippen LogP contribution in [0.15, 0.2) is 0 Å². The smallest absolute Gasteiger partial charge is 1.00 e. The third kappa shape index (κ3) is 36.1. The predicted octanol–water partition coefficient (Wildman–Crippen LogP) is 8.13. The van der Waals surface area contributed by atoms with Crippen LogP contribution in [0.1, 0.15) is 150 Å². The molecule has 3 heteroatoms.